The van der Waals surface area contributed by atoms with Gasteiger partial charge in [-0.15, -0.1) is 0 Å². The van der Waals surface area contributed by atoms with E-state index < -0.39 is 0 Å². The second-order valence-corrected chi connectivity index (χ2v) is 10.2. The second kappa shape index (κ2) is 12.6. The molecular weight excluding hydrogens is 448 g/mol. The van der Waals surface area contributed by atoms with Gasteiger partial charge in [-0.05, 0) is 30.6 Å². The van der Waals surface area contributed by atoms with E-state index >= 15 is 0 Å². The number of carbonyl (C=O) groups excluding carboxylic acids is 2. The first-order valence-electron chi connectivity index (χ1n) is 13.7. The number of carbonyl (C=O) groups is 2. The fourth-order valence-electron chi connectivity index (χ4n) is 5.86. The normalized spacial score (nSPS) is 22.9. The Kier molecular flexibility index (Phi) is 9.30. The molecule has 6 nitrogen and oxygen atoms in total. The van der Waals surface area contributed by atoms with Crippen molar-refractivity contribution in [2.45, 2.75) is 58.8 Å². The number of amides is 2. The van der Waals surface area contributed by atoms with E-state index in [1.165, 1.54) is 16.0 Å². The molecular formula is C30H42N4O2. The lowest BCUT2D eigenvalue weighted by Gasteiger charge is -2.37. The molecule has 3 atom stereocenters. The molecule has 0 aliphatic carbocycles. The van der Waals surface area contributed by atoms with E-state index in [1.807, 2.05) is 6.92 Å². The van der Waals surface area contributed by atoms with Gasteiger partial charge in [0.2, 0.25) is 11.8 Å². The zero-order valence-corrected chi connectivity index (χ0v) is 22.2. The fourth-order valence-corrected chi connectivity index (χ4v) is 5.86. The van der Waals surface area contributed by atoms with Crippen LogP contribution >= 0.6 is 0 Å². The molecule has 0 saturated carbocycles. The Morgan fingerprint density at radius 2 is 1.25 bits per heavy atom. The molecule has 36 heavy (non-hydrogen) atoms. The summed E-state index contributed by atoms with van der Waals surface area (Å²) in [4.78, 5) is 34.3. The molecule has 2 saturated heterocycles. The molecule has 0 aromatic heterocycles. The van der Waals surface area contributed by atoms with Gasteiger partial charge in [0.25, 0.3) is 0 Å². The number of likely N-dealkylation sites (tertiary alicyclic amines) is 2. The minimum atomic E-state index is -0.125. The van der Waals surface area contributed by atoms with Crippen molar-refractivity contribution in [3.8, 4) is 0 Å². The summed E-state index contributed by atoms with van der Waals surface area (Å²) in [6, 6.07) is 22.2. The highest BCUT2D eigenvalue weighted by molar-refractivity contribution is 6.03. The quantitative estimate of drug-likeness (QED) is 0.423. The van der Waals surface area contributed by atoms with Crippen molar-refractivity contribution in [1.82, 2.24) is 19.6 Å². The van der Waals surface area contributed by atoms with E-state index in [0.29, 0.717) is 25.0 Å². The van der Waals surface area contributed by atoms with Gasteiger partial charge in [0.05, 0.1) is 0 Å². The first-order valence-corrected chi connectivity index (χ1v) is 13.7. The molecule has 0 radical (unpaired) electrons. The molecule has 2 aromatic rings. The molecule has 6 heteroatoms. The van der Waals surface area contributed by atoms with E-state index in [-0.39, 0.29) is 17.7 Å². The summed E-state index contributed by atoms with van der Waals surface area (Å²) >= 11 is 0. The van der Waals surface area contributed by atoms with Crippen LogP contribution < -0.4 is 0 Å². The van der Waals surface area contributed by atoms with Crippen LogP contribution in [0.15, 0.2) is 60.7 Å². The van der Waals surface area contributed by atoms with E-state index in [2.05, 4.69) is 89.2 Å². The first-order chi connectivity index (χ1) is 17.5. The predicted molar refractivity (Wildman–Crippen MR) is 144 cm³/mol. The van der Waals surface area contributed by atoms with Gasteiger partial charge in [0.1, 0.15) is 0 Å². The summed E-state index contributed by atoms with van der Waals surface area (Å²) in [6.07, 6.45) is 1.12. The predicted octanol–water partition coefficient (Wildman–Crippen LogP) is 3.87. The van der Waals surface area contributed by atoms with E-state index in [9.17, 15) is 9.59 Å². The summed E-state index contributed by atoms with van der Waals surface area (Å²) in [6.45, 7) is 13.5. The average Bonchev–Trinajstić information content (AvgIpc) is 3.45. The summed E-state index contributed by atoms with van der Waals surface area (Å²) in [5.41, 5.74) is 2.67. The van der Waals surface area contributed by atoms with Crippen molar-refractivity contribution in [3.63, 3.8) is 0 Å². The van der Waals surface area contributed by atoms with Crippen LogP contribution in [0.2, 0.25) is 0 Å². The Labute approximate surface area is 216 Å². The van der Waals surface area contributed by atoms with Crippen molar-refractivity contribution in [2.24, 2.45) is 5.92 Å². The molecule has 0 N–H and O–H groups in total. The smallest absolute Gasteiger partial charge is 0.232 e. The lowest BCUT2D eigenvalue weighted by Crippen LogP contribution is -2.50. The Bertz CT molecular complexity index is 925. The maximum atomic E-state index is 12.7. The Hall–Kier alpha value is -2.54. The topological polar surface area (TPSA) is 47.1 Å². The van der Waals surface area contributed by atoms with Gasteiger partial charge >= 0.3 is 0 Å². The molecule has 2 aliphatic rings. The Morgan fingerprint density at radius 3 is 1.67 bits per heavy atom. The summed E-state index contributed by atoms with van der Waals surface area (Å²) < 4.78 is 0. The molecule has 0 spiro atoms. The van der Waals surface area contributed by atoms with Crippen LogP contribution in [0.25, 0.3) is 0 Å². The van der Waals surface area contributed by atoms with E-state index in [4.69, 9.17) is 0 Å². The van der Waals surface area contributed by atoms with E-state index in [0.717, 1.165) is 52.2 Å². The van der Waals surface area contributed by atoms with Crippen LogP contribution in [0.4, 0.5) is 0 Å². The molecule has 2 fully saturated rings. The van der Waals surface area contributed by atoms with E-state index in [1.54, 1.807) is 0 Å². The number of hydrogen-bond acceptors (Lipinski definition) is 5. The van der Waals surface area contributed by atoms with Crippen LogP contribution in [0.1, 0.15) is 44.7 Å². The maximum absolute atomic E-state index is 12.7. The standard InChI is InChI=1S/C30H42N4O2/c1-4-26-19-29(35)34(30(26)36)18-17-31-22-27(32(5-2)20-24-13-9-7-10-14-24)28(23-31)33(6-3)21-25-15-11-8-12-16-25/h7-16,26-28H,4-6,17-23H2,1-3H3. The summed E-state index contributed by atoms with van der Waals surface area (Å²) in [5.74, 6) is -0.106. The molecule has 2 heterocycles. The van der Waals surface area contributed by atoms with Crippen LogP contribution in [0.3, 0.4) is 0 Å². The number of hydrogen-bond donors (Lipinski definition) is 0. The number of likely N-dealkylation sites (N-methyl/N-ethyl adjacent to an activating group) is 2. The highest BCUT2D eigenvalue weighted by Gasteiger charge is 2.41. The van der Waals surface area contributed by atoms with Gasteiger partial charge in [-0.25, -0.2) is 0 Å². The van der Waals surface area contributed by atoms with Crippen LogP contribution in [-0.4, -0.2) is 82.8 Å². The number of rotatable bonds is 12. The molecule has 194 valence electrons. The third-order valence-corrected chi connectivity index (χ3v) is 8.01. The lowest BCUT2D eigenvalue weighted by atomic mass is 10.1. The van der Waals surface area contributed by atoms with Crippen molar-refractivity contribution < 1.29 is 9.59 Å². The number of benzene rings is 2. The third kappa shape index (κ3) is 6.23. The summed E-state index contributed by atoms with van der Waals surface area (Å²) in [7, 11) is 0. The highest BCUT2D eigenvalue weighted by atomic mass is 16.2. The maximum Gasteiger partial charge on any atom is 0.232 e. The van der Waals surface area contributed by atoms with Gasteiger partial charge in [0.15, 0.2) is 0 Å². The monoisotopic (exact) mass is 490 g/mol. The molecule has 0 bridgehead atoms. The molecule has 2 amide bonds. The minimum Gasteiger partial charge on any atom is -0.298 e. The highest BCUT2D eigenvalue weighted by Crippen LogP contribution is 2.26. The van der Waals surface area contributed by atoms with Gasteiger partial charge in [0, 0.05) is 63.7 Å². The van der Waals surface area contributed by atoms with Gasteiger partial charge < -0.3 is 0 Å². The van der Waals surface area contributed by atoms with Gasteiger partial charge in [-0.1, -0.05) is 81.4 Å². The van der Waals surface area contributed by atoms with Crippen molar-refractivity contribution in [1.29, 1.82) is 0 Å². The average molecular weight is 491 g/mol. The molecule has 4 rings (SSSR count). The molecule has 2 aromatic carbocycles. The first kappa shape index (κ1) is 26.5. The van der Waals surface area contributed by atoms with Crippen molar-refractivity contribution in [2.75, 3.05) is 39.3 Å². The summed E-state index contributed by atoms with van der Waals surface area (Å²) in [5, 5.41) is 0. The van der Waals surface area contributed by atoms with Crippen LogP contribution in [0.5, 0.6) is 0 Å². The van der Waals surface area contributed by atoms with Crippen LogP contribution in [-0.2, 0) is 22.7 Å². The minimum absolute atomic E-state index is 0.00216. The number of nitrogens with zero attached hydrogens (tertiary/aromatic N) is 4. The largest absolute Gasteiger partial charge is 0.298 e. The van der Waals surface area contributed by atoms with Crippen molar-refractivity contribution in [3.05, 3.63) is 71.8 Å². The second-order valence-electron chi connectivity index (χ2n) is 10.2. The fraction of sp³-hybridized carbons (Fsp3) is 0.533. The molecule has 2 aliphatic heterocycles. The Balaban J connectivity index is 1.49. The van der Waals surface area contributed by atoms with Crippen molar-refractivity contribution >= 4 is 11.8 Å². The number of imide groups is 1. The third-order valence-electron chi connectivity index (χ3n) is 8.01. The van der Waals surface area contributed by atoms with Crippen LogP contribution in [0, 0.1) is 5.92 Å². The Morgan fingerprint density at radius 1 is 0.750 bits per heavy atom. The zero-order chi connectivity index (χ0) is 25.5. The van der Waals surface area contributed by atoms with Gasteiger partial charge in [-0.3, -0.25) is 29.2 Å². The molecule has 3 unspecified atom stereocenters. The lowest BCUT2D eigenvalue weighted by molar-refractivity contribution is -0.139. The van der Waals surface area contributed by atoms with Gasteiger partial charge in [-0.2, -0.15) is 0 Å². The zero-order valence-electron chi connectivity index (χ0n) is 22.2. The SMILES string of the molecule is CCC1CC(=O)N(CCN2CC(N(CC)Cc3ccccc3)C(N(CC)Cc3ccccc3)C2)C1=O.